The summed E-state index contributed by atoms with van der Waals surface area (Å²) in [6.07, 6.45) is 0. The predicted octanol–water partition coefficient (Wildman–Crippen LogP) is 13.3. The fourth-order valence-electron chi connectivity index (χ4n) is 10.6. The summed E-state index contributed by atoms with van der Waals surface area (Å²) >= 11 is 1.90. The van der Waals surface area contributed by atoms with E-state index in [-0.39, 0.29) is 0 Å². The van der Waals surface area contributed by atoms with Gasteiger partial charge in [0.2, 0.25) is 0 Å². The molecule has 13 aromatic rings. The van der Waals surface area contributed by atoms with Gasteiger partial charge in [0.15, 0.2) is 8.07 Å². The second-order valence-electron chi connectivity index (χ2n) is 16.8. The van der Waals surface area contributed by atoms with Crippen molar-refractivity contribution in [2.45, 2.75) is 0 Å². The minimum atomic E-state index is -2.98. The van der Waals surface area contributed by atoms with Gasteiger partial charge in [-0.1, -0.05) is 182 Å². The highest BCUT2D eigenvalue weighted by atomic mass is 32.1. The Morgan fingerprint density at radius 1 is 0.266 bits per heavy atom. The predicted molar refractivity (Wildman–Crippen MR) is 277 cm³/mol. The molecule has 4 heteroatoms. The first-order valence-electron chi connectivity index (χ1n) is 22.0. The number of aromatic nitrogens is 2. The van der Waals surface area contributed by atoms with Crippen molar-refractivity contribution in [3.05, 3.63) is 243 Å². The molecule has 1 unspecified atom stereocenters. The summed E-state index contributed by atoms with van der Waals surface area (Å²) in [5, 5.41) is 13.1. The summed E-state index contributed by atoms with van der Waals surface area (Å²) in [6.45, 7) is 0. The van der Waals surface area contributed by atoms with Crippen LogP contribution < -0.4 is 20.7 Å². The summed E-state index contributed by atoms with van der Waals surface area (Å²) in [6, 6.07) is 90.7. The lowest BCUT2D eigenvalue weighted by molar-refractivity contribution is 1.17. The Bertz CT molecular complexity index is 3850. The molecule has 0 saturated carbocycles. The van der Waals surface area contributed by atoms with Crippen LogP contribution in [0.5, 0.6) is 0 Å². The zero-order valence-corrected chi connectivity index (χ0v) is 36.7. The number of para-hydroxylation sites is 3. The van der Waals surface area contributed by atoms with Crippen LogP contribution in [0.1, 0.15) is 0 Å². The van der Waals surface area contributed by atoms with Gasteiger partial charge in [-0.3, -0.25) is 0 Å². The summed E-state index contributed by atoms with van der Waals surface area (Å²) in [4.78, 5) is 0. The van der Waals surface area contributed by atoms with E-state index in [0.717, 1.165) is 11.4 Å². The van der Waals surface area contributed by atoms with Gasteiger partial charge < -0.3 is 9.13 Å². The van der Waals surface area contributed by atoms with Gasteiger partial charge in [0.05, 0.1) is 22.1 Å². The van der Waals surface area contributed by atoms with E-state index < -0.39 is 8.07 Å². The zero-order chi connectivity index (χ0) is 42.2. The third kappa shape index (κ3) is 5.56. The lowest BCUT2D eigenvalue weighted by Crippen LogP contribution is -2.74. The van der Waals surface area contributed by atoms with Crippen molar-refractivity contribution in [2.75, 3.05) is 0 Å². The van der Waals surface area contributed by atoms with E-state index in [1.54, 1.807) is 0 Å². The molecule has 1 atom stereocenters. The van der Waals surface area contributed by atoms with Crippen LogP contribution in [0.4, 0.5) is 0 Å². The van der Waals surface area contributed by atoms with Crippen LogP contribution in [0.2, 0.25) is 0 Å². The molecule has 0 fully saturated rings. The third-order valence-electron chi connectivity index (χ3n) is 13.5. The van der Waals surface area contributed by atoms with E-state index in [2.05, 4.69) is 252 Å². The van der Waals surface area contributed by atoms with Crippen molar-refractivity contribution in [2.24, 2.45) is 0 Å². The van der Waals surface area contributed by atoms with Gasteiger partial charge in [-0.05, 0) is 92.5 Å². The Kier molecular flexibility index (Phi) is 8.45. The van der Waals surface area contributed by atoms with Crippen molar-refractivity contribution in [3.8, 4) is 22.5 Å². The van der Waals surface area contributed by atoms with Gasteiger partial charge in [0.1, 0.15) is 0 Å². The molecule has 10 aromatic carbocycles. The molecule has 300 valence electrons. The highest BCUT2D eigenvalue weighted by Crippen LogP contribution is 2.38. The number of benzene rings is 10. The second-order valence-corrected chi connectivity index (χ2v) is 21.7. The molecular weight excluding hydrogens is 809 g/mol. The average Bonchev–Trinajstić information content (AvgIpc) is 4.02. The molecule has 2 nitrogen and oxygen atoms in total. The van der Waals surface area contributed by atoms with Gasteiger partial charge in [-0.15, -0.1) is 11.3 Å². The fraction of sp³-hybridized carbons (Fsp3) is 0. The first-order chi connectivity index (χ1) is 31.7. The number of hydrogen-bond donors (Lipinski definition) is 0. The maximum Gasteiger partial charge on any atom is 0.179 e. The molecule has 3 aromatic heterocycles. The second kappa shape index (κ2) is 14.7. The maximum absolute atomic E-state index is 2.98. The normalized spacial score (nSPS) is 12.8. The minimum Gasteiger partial charge on any atom is -0.309 e. The number of hydrogen-bond acceptors (Lipinski definition) is 1. The standard InChI is InChI=1S/C60H40N2SSi/c1-3-16-41(17-4-1)42-30-33-46(34-31-42)64(45-19-5-2-6-20-45,48-35-36-53-52-25-10-14-29-59(52)63-60(53)40-48)47-21-15-18-43(38-47)61-57-28-13-9-24-51(57)54-39-44(32-37-58(54)61)62-55-26-11-7-22-49(55)50-23-8-12-27-56(50)62/h1-40H. The Balaban J connectivity index is 1.06. The van der Waals surface area contributed by atoms with Crippen LogP contribution in [0.3, 0.4) is 0 Å². The van der Waals surface area contributed by atoms with Crippen LogP contribution in [0.25, 0.3) is 86.3 Å². The van der Waals surface area contributed by atoms with E-state index >= 15 is 0 Å². The molecule has 0 aliphatic carbocycles. The van der Waals surface area contributed by atoms with Crippen LogP contribution in [-0.4, -0.2) is 17.2 Å². The first kappa shape index (κ1) is 36.9. The molecule has 0 radical (unpaired) electrons. The minimum absolute atomic E-state index is 1.16. The van der Waals surface area contributed by atoms with Crippen molar-refractivity contribution in [1.82, 2.24) is 9.13 Å². The van der Waals surface area contributed by atoms with Gasteiger partial charge in [-0.25, -0.2) is 0 Å². The van der Waals surface area contributed by atoms with Gasteiger partial charge in [0, 0.05) is 53.1 Å². The van der Waals surface area contributed by atoms with Crippen molar-refractivity contribution in [1.29, 1.82) is 0 Å². The topological polar surface area (TPSA) is 9.86 Å². The Morgan fingerprint density at radius 2 is 0.734 bits per heavy atom. The molecule has 0 N–H and O–H groups in total. The molecule has 3 heterocycles. The number of nitrogens with zero attached hydrogens (tertiary/aromatic N) is 2. The highest BCUT2D eigenvalue weighted by molar-refractivity contribution is 7.26. The van der Waals surface area contributed by atoms with Crippen molar-refractivity contribution < 1.29 is 0 Å². The molecule has 0 bridgehead atoms. The van der Waals surface area contributed by atoms with E-state index in [4.69, 9.17) is 0 Å². The van der Waals surface area contributed by atoms with Crippen molar-refractivity contribution >= 4 is 104 Å². The third-order valence-corrected chi connectivity index (χ3v) is 19.4. The van der Waals surface area contributed by atoms with Gasteiger partial charge in [0.25, 0.3) is 0 Å². The van der Waals surface area contributed by atoms with Crippen LogP contribution in [0, 0.1) is 0 Å². The zero-order valence-electron chi connectivity index (χ0n) is 34.9. The molecule has 0 spiro atoms. The lowest BCUT2D eigenvalue weighted by Gasteiger charge is -2.35. The molecular formula is C60H40N2SSi. The van der Waals surface area contributed by atoms with Crippen LogP contribution >= 0.6 is 11.3 Å². The monoisotopic (exact) mass is 848 g/mol. The average molecular weight is 849 g/mol. The summed E-state index contributed by atoms with van der Waals surface area (Å²) in [5.41, 5.74) is 9.58. The Hall–Kier alpha value is -7.76. The number of thiophene rings is 1. The van der Waals surface area contributed by atoms with Gasteiger partial charge >= 0.3 is 0 Å². The van der Waals surface area contributed by atoms with Crippen LogP contribution in [0.15, 0.2) is 243 Å². The highest BCUT2D eigenvalue weighted by Gasteiger charge is 2.42. The van der Waals surface area contributed by atoms with E-state index in [0.29, 0.717) is 0 Å². The summed E-state index contributed by atoms with van der Waals surface area (Å²) < 4.78 is 7.56. The van der Waals surface area contributed by atoms with Gasteiger partial charge in [-0.2, -0.15) is 0 Å². The first-order valence-corrected chi connectivity index (χ1v) is 24.8. The number of fused-ring (bicyclic) bond motifs is 9. The molecule has 0 aliphatic rings. The summed E-state index contributed by atoms with van der Waals surface area (Å²) in [5.74, 6) is 0. The molecule has 64 heavy (non-hydrogen) atoms. The molecule has 0 aliphatic heterocycles. The van der Waals surface area contributed by atoms with E-state index in [1.807, 2.05) is 11.3 Å². The lowest BCUT2D eigenvalue weighted by atomic mass is 10.1. The summed E-state index contributed by atoms with van der Waals surface area (Å²) in [7, 11) is -2.98. The van der Waals surface area contributed by atoms with Crippen molar-refractivity contribution in [3.63, 3.8) is 0 Å². The van der Waals surface area contributed by atoms with E-state index in [9.17, 15) is 0 Å². The molecule has 0 amide bonds. The molecule has 13 rings (SSSR count). The van der Waals surface area contributed by atoms with E-state index in [1.165, 1.54) is 95.7 Å². The largest absolute Gasteiger partial charge is 0.309 e. The fourth-order valence-corrected chi connectivity index (χ4v) is 16.7. The quantitative estimate of drug-likeness (QED) is 0.112. The Labute approximate surface area is 376 Å². The smallest absolute Gasteiger partial charge is 0.179 e. The molecule has 0 saturated heterocycles. The van der Waals surface area contributed by atoms with Crippen LogP contribution in [-0.2, 0) is 0 Å². The number of rotatable bonds is 7. The SMILES string of the molecule is c1ccc(-c2ccc([Si](c3ccccc3)(c3cccc(-n4c5ccccc5c5cc(-n6c7ccccc7c7ccccc76)ccc54)c3)c3ccc4c(c3)sc3ccccc34)cc2)cc1. The maximum atomic E-state index is 2.52. The Morgan fingerprint density at radius 3 is 1.42 bits per heavy atom.